The Bertz CT molecular complexity index is 417. The van der Waals surface area contributed by atoms with E-state index in [0.717, 1.165) is 32.6 Å². The number of rotatable bonds is 4. The van der Waals surface area contributed by atoms with Gasteiger partial charge in [0.1, 0.15) is 0 Å². The van der Waals surface area contributed by atoms with Crippen LogP contribution in [0.25, 0.3) is 0 Å². The van der Waals surface area contributed by atoms with Gasteiger partial charge in [0.2, 0.25) is 0 Å². The second kappa shape index (κ2) is 6.44. The van der Waals surface area contributed by atoms with E-state index < -0.39 is 11.6 Å². The van der Waals surface area contributed by atoms with E-state index in [1.54, 1.807) is 12.1 Å². The second-order valence-corrected chi connectivity index (χ2v) is 5.26. The van der Waals surface area contributed by atoms with E-state index >= 15 is 0 Å². The summed E-state index contributed by atoms with van der Waals surface area (Å²) in [5.74, 6) is -1.14. The van der Waals surface area contributed by atoms with Crippen LogP contribution in [0.5, 0.6) is 0 Å². The molecule has 0 bridgehead atoms. The highest BCUT2D eigenvalue weighted by molar-refractivity contribution is 5.23. The molecule has 1 N–H and O–H groups in total. The minimum atomic E-state index is -0.749. The average Bonchev–Trinajstić information content (AvgIpc) is 2.44. The molecule has 0 spiro atoms. The first-order valence-electron chi connectivity index (χ1n) is 7.03. The van der Waals surface area contributed by atoms with Gasteiger partial charge in [-0.15, -0.1) is 0 Å². The molecule has 1 saturated heterocycles. The highest BCUT2D eigenvalue weighted by Gasteiger charge is 2.29. The van der Waals surface area contributed by atoms with Crippen molar-refractivity contribution in [3.05, 3.63) is 35.4 Å². The molecule has 1 aromatic carbocycles. The van der Waals surface area contributed by atoms with E-state index in [1.165, 1.54) is 6.07 Å². The molecule has 1 fully saturated rings. The van der Waals surface area contributed by atoms with E-state index in [4.69, 9.17) is 0 Å². The maximum atomic E-state index is 14.1. The Hall–Kier alpha value is -1.00. The summed E-state index contributed by atoms with van der Waals surface area (Å²) < 4.78 is 27.6. The average molecular weight is 268 g/mol. The lowest BCUT2D eigenvalue weighted by molar-refractivity contribution is 0.125. The Balaban J connectivity index is 2.33. The van der Waals surface area contributed by atoms with E-state index in [-0.39, 0.29) is 6.04 Å². The highest BCUT2D eigenvalue weighted by atomic mass is 19.2. The van der Waals surface area contributed by atoms with Crippen molar-refractivity contribution in [2.24, 2.45) is 5.92 Å². The highest BCUT2D eigenvalue weighted by Crippen LogP contribution is 2.33. The van der Waals surface area contributed by atoms with Crippen molar-refractivity contribution >= 4 is 0 Å². The fraction of sp³-hybridized carbons (Fsp3) is 0.600. The molecule has 1 aromatic rings. The van der Waals surface area contributed by atoms with E-state index in [2.05, 4.69) is 24.1 Å². The van der Waals surface area contributed by atoms with E-state index in [9.17, 15) is 8.78 Å². The summed E-state index contributed by atoms with van der Waals surface area (Å²) in [6.45, 7) is 7.78. The van der Waals surface area contributed by atoms with Crippen molar-refractivity contribution in [1.82, 2.24) is 10.2 Å². The Morgan fingerprint density at radius 3 is 2.58 bits per heavy atom. The Morgan fingerprint density at radius 2 is 1.95 bits per heavy atom. The number of nitrogens with one attached hydrogen (secondary N) is 1. The molecule has 4 heteroatoms. The van der Waals surface area contributed by atoms with Gasteiger partial charge in [0.15, 0.2) is 11.6 Å². The smallest absolute Gasteiger partial charge is 0.163 e. The minimum Gasteiger partial charge on any atom is -0.314 e. The van der Waals surface area contributed by atoms with Crippen molar-refractivity contribution in [2.75, 3.05) is 26.2 Å². The zero-order valence-electron chi connectivity index (χ0n) is 11.6. The normalized spacial score (nSPS) is 20.2. The van der Waals surface area contributed by atoms with Gasteiger partial charge in [-0.3, -0.25) is 4.90 Å². The lowest BCUT2D eigenvalue weighted by Gasteiger charge is -2.38. The lowest BCUT2D eigenvalue weighted by atomic mass is 9.90. The first-order chi connectivity index (χ1) is 9.15. The molecule has 2 rings (SSSR count). The van der Waals surface area contributed by atoms with E-state index in [0.29, 0.717) is 11.5 Å². The molecule has 1 heterocycles. The second-order valence-electron chi connectivity index (χ2n) is 5.26. The Kier molecular flexibility index (Phi) is 4.88. The summed E-state index contributed by atoms with van der Waals surface area (Å²) in [6, 6.07) is 4.47. The fourth-order valence-electron chi connectivity index (χ4n) is 2.80. The van der Waals surface area contributed by atoms with Gasteiger partial charge in [0.25, 0.3) is 0 Å². The molecule has 0 saturated carbocycles. The van der Waals surface area contributed by atoms with Gasteiger partial charge in [-0.25, -0.2) is 8.78 Å². The lowest BCUT2D eigenvalue weighted by Crippen LogP contribution is -2.46. The molecule has 2 nitrogen and oxygen atoms in total. The van der Waals surface area contributed by atoms with Gasteiger partial charge in [-0.05, 0) is 12.0 Å². The Labute approximate surface area is 113 Å². The van der Waals surface area contributed by atoms with Crippen LogP contribution < -0.4 is 5.32 Å². The molecular formula is C15H22F2N2. The summed E-state index contributed by atoms with van der Waals surface area (Å²) in [5, 5.41) is 3.29. The Morgan fingerprint density at radius 1 is 1.26 bits per heavy atom. The maximum absolute atomic E-state index is 14.1. The topological polar surface area (TPSA) is 15.3 Å². The van der Waals surface area contributed by atoms with Crippen molar-refractivity contribution in [3.8, 4) is 0 Å². The number of nitrogens with zero attached hydrogens (tertiary/aromatic N) is 1. The number of piperazine rings is 1. The standard InChI is InChI=1S/C15H22F2N2/c1-3-11(2)15(19-9-7-18-8-10-19)12-5-4-6-13(16)14(12)17/h4-6,11,15,18H,3,7-10H2,1-2H3/t11?,15-/m0/s1. The van der Waals surface area contributed by atoms with Crippen LogP contribution in [0.3, 0.4) is 0 Å². The van der Waals surface area contributed by atoms with Gasteiger partial charge in [0.05, 0.1) is 0 Å². The van der Waals surface area contributed by atoms with E-state index in [1.807, 2.05) is 0 Å². The molecule has 0 radical (unpaired) electrons. The SMILES string of the molecule is CCC(C)[C@@H](c1cccc(F)c1F)N1CCNCC1. The van der Waals surface area contributed by atoms with Crippen LogP contribution in [0, 0.1) is 17.6 Å². The predicted octanol–water partition coefficient (Wildman–Crippen LogP) is 2.96. The van der Waals surface area contributed by atoms with Crippen molar-refractivity contribution in [1.29, 1.82) is 0 Å². The summed E-state index contributed by atoms with van der Waals surface area (Å²) in [5.41, 5.74) is 0.497. The van der Waals surface area contributed by atoms with Crippen LogP contribution in [0.2, 0.25) is 0 Å². The molecule has 2 atom stereocenters. The molecule has 19 heavy (non-hydrogen) atoms. The summed E-state index contributed by atoms with van der Waals surface area (Å²) in [4.78, 5) is 2.27. The maximum Gasteiger partial charge on any atom is 0.163 e. The molecule has 0 aliphatic carbocycles. The quantitative estimate of drug-likeness (QED) is 0.903. The minimum absolute atomic E-state index is 0.0391. The number of halogens is 2. The summed E-state index contributed by atoms with van der Waals surface area (Å²) in [7, 11) is 0. The predicted molar refractivity (Wildman–Crippen MR) is 73.0 cm³/mol. The molecule has 0 amide bonds. The largest absolute Gasteiger partial charge is 0.314 e. The first kappa shape index (κ1) is 14.4. The summed E-state index contributed by atoms with van der Waals surface area (Å²) >= 11 is 0. The fourth-order valence-corrected chi connectivity index (χ4v) is 2.80. The van der Waals surface area contributed by atoms with Crippen molar-refractivity contribution < 1.29 is 8.78 Å². The van der Waals surface area contributed by atoms with Crippen molar-refractivity contribution in [3.63, 3.8) is 0 Å². The van der Waals surface area contributed by atoms with Crippen LogP contribution in [-0.2, 0) is 0 Å². The molecule has 0 aromatic heterocycles. The van der Waals surface area contributed by atoms with Gasteiger partial charge in [-0.1, -0.05) is 32.4 Å². The molecular weight excluding hydrogens is 246 g/mol. The van der Waals surface area contributed by atoms with Crippen LogP contribution in [0.15, 0.2) is 18.2 Å². The van der Waals surface area contributed by atoms with Crippen molar-refractivity contribution in [2.45, 2.75) is 26.3 Å². The van der Waals surface area contributed by atoms with Gasteiger partial charge < -0.3 is 5.32 Å². The van der Waals surface area contributed by atoms with Crippen LogP contribution >= 0.6 is 0 Å². The molecule has 106 valence electrons. The third-order valence-corrected chi connectivity index (χ3v) is 4.03. The van der Waals surface area contributed by atoms with Crippen LogP contribution in [0.4, 0.5) is 8.78 Å². The number of benzene rings is 1. The van der Waals surface area contributed by atoms with Crippen LogP contribution in [0.1, 0.15) is 31.9 Å². The van der Waals surface area contributed by atoms with Gasteiger partial charge in [-0.2, -0.15) is 0 Å². The summed E-state index contributed by atoms with van der Waals surface area (Å²) in [6.07, 6.45) is 0.949. The molecule has 1 unspecified atom stereocenters. The monoisotopic (exact) mass is 268 g/mol. The first-order valence-corrected chi connectivity index (χ1v) is 7.03. The number of hydrogen-bond acceptors (Lipinski definition) is 2. The zero-order valence-corrected chi connectivity index (χ0v) is 11.6. The van der Waals surface area contributed by atoms with Gasteiger partial charge >= 0.3 is 0 Å². The van der Waals surface area contributed by atoms with Crippen LogP contribution in [-0.4, -0.2) is 31.1 Å². The zero-order chi connectivity index (χ0) is 13.8. The third kappa shape index (κ3) is 3.12. The third-order valence-electron chi connectivity index (χ3n) is 4.03. The van der Waals surface area contributed by atoms with Gasteiger partial charge in [0, 0.05) is 37.8 Å². The molecule has 1 aliphatic rings. The number of hydrogen-bond donors (Lipinski definition) is 1. The molecule has 1 aliphatic heterocycles.